The zero-order valence-corrected chi connectivity index (χ0v) is 14.5. The summed E-state index contributed by atoms with van der Waals surface area (Å²) in [5, 5.41) is 5.89. The number of nitrogens with one attached hydrogen (secondary N) is 2. The molecular formula is C18H23N3O4. The van der Waals surface area contributed by atoms with E-state index in [4.69, 9.17) is 9.47 Å². The molecule has 25 heavy (non-hydrogen) atoms. The molecule has 7 nitrogen and oxygen atoms in total. The van der Waals surface area contributed by atoms with E-state index in [9.17, 15) is 9.59 Å². The van der Waals surface area contributed by atoms with E-state index < -0.39 is 0 Å². The molecule has 134 valence electrons. The Morgan fingerprint density at radius 2 is 2.08 bits per heavy atom. The molecule has 2 unspecified atom stereocenters. The van der Waals surface area contributed by atoms with E-state index in [1.54, 1.807) is 12.1 Å². The monoisotopic (exact) mass is 345 g/mol. The Balaban J connectivity index is 1.35. The molecule has 3 aliphatic rings. The molecule has 1 saturated carbocycles. The maximum Gasteiger partial charge on any atom is 0.317 e. The second-order valence-electron chi connectivity index (χ2n) is 7.45. The summed E-state index contributed by atoms with van der Waals surface area (Å²) in [5.41, 5.74) is 0.665. The number of ether oxygens (including phenoxy) is 2. The standard InChI is InChI=1S/C18H23N3O4/c1-11(2)19-17(23)21-6-5-18(9-21)8-13(18)16(22)20-12-3-4-14-15(7-12)25-10-24-14/h3-4,7,11,13H,5-6,8-10H2,1-2H3,(H,19,23)(H,20,22). The van der Waals surface area contributed by atoms with Crippen LogP contribution in [0.25, 0.3) is 0 Å². The number of fused-ring (bicyclic) bond motifs is 1. The highest BCUT2D eigenvalue weighted by Gasteiger charge is 2.61. The van der Waals surface area contributed by atoms with Crippen molar-refractivity contribution >= 4 is 17.6 Å². The van der Waals surface area contributed by atoms with E-state index in [1.807, 2.05) is 24.8 Å². The van der Waals surface area contributed by atoms with Crippen LogP contribution in [0.5, 0.6) is 11.5 Å². The van der Waals surface area contributed by atoms with E-state index in [-0.39, 0.29) is 36.1 Å². The fraction of sp³-hybridized carbons (Fsp3) is 0.556. The first kappa shape index (κ1) is 16.1. The lowest BCUT2D eigenvalue weighted by Gasteiger charge is -2.19. The minimum atomic E-state index is -0.0469. The molecule has 1 spiro atoms. The van der Waals surface area contributed by atoms with Crippen molar-refractivity contribution in [3.63, 3.8) is 0 Å². The van der Waals surface area contributed by atoms with Crippen LogP contribution >= 0.6 is 0 Å². The minimum absolute atomic E-state index is 0.0185. The second kappa shape index (κ2) is 5.82. The summed E-state index contributed by atoms with van der Waals surface area (Å²) < 4.78 is 10.6. The molecule has 2 aliphatic heterocycles. The van der Waals surface area contributed by atoms with Crippen molar-refractivity contribution in [1.82, 2.24) is 10.2 Å². The Morgan fingerprint density at radius 1 is 1.28 bits per heavy atom. The molecular weight excluding hydrogens is 322 g/mol. The number of hydrogen-bond acceptors (Lipinski definition) is 4. The average molecular weight is 345 g/mol. The molecule has 1 aromatic rings. The lowest BCUT2D eigenvalue weighted by molar-refractivity contribution is -0.118. The van der Waals surface area contributed by atoms with E-state index in [0.29, 0.717) is 30.3 Å². The summed E-state index contributed by atoms with van der Waals surface area (Å²) in [5.74, 6) is 1.34. The number of hydrogen-bond donors (Lipinski definition) is 2. The number of anilines is 1. The SMILES string of the molecule is CC(C)NC(=O)N1CCC2(CC2C(=O)Nc2ccc3c(c2)OCO3)C1. The number of carbonyl (C=O) groups is 2. The van der Waals surface area contributed by atoms with Crippen LogP contribution < -0.4 is 20.1 Å². The van der Waals surface area contributed by atoms with Gasteiger partial charge >= 0.3 is 6.03 Å². The van der Waals surface area contributed by atoms with Crippen molar-refractivity contribution in [2.24, 2.45) is 11.3 Å². The van der Waals surface area contributed by atoms with Gasteiger partial charge in [0.2, 0.25) is 12.7 Å². The summed E-state index contributed by atoms with van der Waals surface area (Å²) in [6.45, 7) is 5.48. The van der Waals surface area contributed by atoms with Crippen LogP contribution in [0, 0.1) is 11.3 Å². The molecule has 0 radical (unpaired) electrons. The molecule has 0 aromatic heterocycles. The zero-order valence-electron chi connectivity index (χ0n) is 14.5. The molecule has 2 atom stereocenters. The Kier molecular flexibility index (Phi) is 3.74. The molecule has 2 N–H and O–H groups in total. The average Bonchev–Trinajstić information content (AvgIpc) is 2.90. The lowest BCUT2D eigenvalue weighted by Crippen LogP contribution is -2.42. The lowest BCUT2D eigenvalue weighted by atomic mass is 10.0. The van der Waals surface area contributed by atoms with Gasteiger partial charge in [-0.2, -0.15) is 0 Å². The van der Waals surface area contributed by atoms with Gasteiger partial charge in [0.1, 0.15) is 0 Å². The zero-order chi connectivity index (χ0) is 17.6. The van der Waals surface area contributed by atoms with E-state index >= 15 is 0 Å². The van der Waals surface area contributed by atoms with Crippen molar-refractivity contribution in [2.75, 3.05) is 25.2 Å². The first-order chi connectivity index (χ1) is 12.0. The first-order valence-corrected chi connectivity index (χ1v) is 8.73. The number of likely N-dealkylation sites (tertiary alicyclic amines) is 1. The molecule has 2 heterocycles. The predicted octanol–water partition coefficient (Wildman–Crippen LogP) is 2.18. The molecule has 3 amide bonds. The Hall–Kier alpha value is -2.44. The summed E-state index contributed by atoms with van der Waals surface area (Å²) in [7, 11) is 0. The van der Waals surface area contributed by atoms with Crippen molar-refractivity contribution < 1.29 is 19.1 Å². The van der Waals surface area contributed by atoms with Gasteiger partial charge in [0.25, 0.3) is 0 Å². The third-order valence-electron chi connectivity index (χ3n) is 5.23. The van der Waals surface area contributed by atoms with Crippen molar-refractivity contribution in [3.8, 4) is 11.5 Å². The highest BCUT2D eigenvalue weighted by molar-refractivity contribution is 5.95. The van der Waals surface area contributed by atoms with Crippen molar-refractivity contribution in [2.45, 2.75) is 32.7 Å². The number of rotatable bonds is 3. The smallest absolute Gasteiger partial charge is 0.317 e. The number of carbonyl (C=O) groups excluding carboxylic acids is 2. The second-order valence-corrected chi connectivity index (χ2v) is 7.45. The van der Waals surface area contributed by atoms with E-state index in [2.05, 4.69) is 10.6 Å². The molecule has 4 rings (SSSR count). The third kappa shape index (κ3) is 2.99. The van der Waals surface area contributed by atoms with Gasteiger partial charge in [0, 0.05) is 42.2 Å². The normalized spacial score (nSPS) is 26.2. The van der Waals surface area contributed by atoms with E-state index in [0.717, 1.165) is 12.8 Å². The molecule has 0 bridgehead atoms. The van der Waals surface area contributed by atoms with Crippen LogP contribution in [-0.2, 0) is 4.79 Å². The van der Waals surface area contributed by atoms with Crippen LogP contribution in [0.1, 0.15) is 26.7 Å². The number of benzene rings is 1. The van der Waals surface area contributed by atoms with Gasteiger partial charge in [-0.25, -0.2) is 4.79 Å². The van der Waals surface area contributed by atoms with Crippen molar-refractivity contribution in [3.05, 3.63) is 18.2 Å². The van der Waals surface area contributed by atoms with Crippen molar-refractivity contribution in [1.29, 1.82) is 0 Å². The Labute approximate surface area is 146 Å². The van der Waals surface area contributed by atoms with Gasteiger partial charge in [-0.15, -0.1) is 0 Å². The maximum absolute atomic E-state index is 12.6. The summed E-state index contributed by atoms with van der Waals surface area (Å²) in [6.07, 6.45) is 1.73. The largest absolute Gasteiger partial charge is 0.454 e. The van der Waals surface area contributed by atoms with Gasteiger partial charge in [0.05, 0.1) is 0 Å². The van der Waals surface area contributed by atoms with E-state index in [1.165, 1.54) is 0 Å². The number of nitrogens with zero attached hydrogens (tertiary/aromatic N) is 1. The van der Waals surface area contributed by atoms with Crippen LogP contribution in [0.4, 0.5) is 10.5 Å². The molecule has 1 saturated heterocycles. The fourth-order valence-electron chi connectivity index (χ4n) is 3.78. The topological polar surface area (TPSA) is 79.9 Å². The van der Waals surface area contributed by atoms with Gasteiger partial charge in [-0.05, 0) is 38.8 Å². The van der Waals surface area contributed by atoms with Crippen LogP contribution in [0.15, 0.2) is 18.2 Å². The van der Waals surface area contributed by atoms with Crippen LogP contribution in [0.2, 0.25) is 0 Å². The Bertz CT molecular complexity index is 720. The molecule has 7 heteroatoms. The Morgan fingerprint density at radius 3 is 2.88 bits per heavy atom. The molecule has 2 fully saturated rings. The molecule has 1 aliphatic carbocycles. The highest BCUT2D eigenvalue weighted by atomic mass is 16.7. The van der Waals surface area contributed by atoms with Crippen LogP contribution in [-0.4, -0.2) is 42.8 Å². The molecule has 1 aromatic carbocycles. The highest BCUT2D eigenvalue weighted by Crippen LogP contribution is 2.58. The predicted molar refractivity (Wildman–Crippen MR) is 91.6 cm³/mol. The maximum atomic E-state index is 12.6. The summed E-state index contributed by atoms with van der Waals surface area (Å²) >= 11 is 0. The van der Waals surface area contributed by atoms with Gasteiger partial charge < -0.3 is 25.0 Å². The van der Waals surface area contributed by atoms with Gasteiger partial charge in [0.15, 0.2) is 11.5 Å². The van der Waals surface area contributed by atoms with Gasteiger partial charge in [-0.3, -0.25) is 4.79 Å². The minimum Gasteiger partial charge on any atom is -0.454 e. The fourth-order valence-corrected chi connectivity index (χ4v) is 3.78. The number of urea groups is 1. The van der Waals surface area contributed by atoms with Gasteiger partial charge in [-0.1, -0.05) is 0 Å². The summed E-state index contributed by atoms with van der Waals surface area (Å²) in [4.78, 5) is 26.6. The first-order valence-electron chi connectivity index (χ1n) is 8.73. The quantitative estimate of drug-likeness (QED) is 0.880. The number of amides is 3. The third-order valence-corrected chi connectivity index (χ3v) is 5.23. The van der Waals surface area contributed by atoms with Crippen LogP contribution in [0.3, 0.4) is 0 Å². The summed E-state index contributed by atoms with van der Waals surface area (Å²) in [6, 6.07) is 5.49.